The van der Waals surface area contributed by atoms with Gasteiger partial charge in [0.15, 0.2) is 0 Å². The van der Waals surface area contributed by atoms with E-state index in [1.165, 1.54) is 0 Å². The van der Waals surface area contributed by atoms with E-state index < -0.39 is 10.2 Å². The van der Waals surface area contributed by atoms with Crippen molar-refractivity contribution in [1.29, 1.82) is 0 Å². The van der Waals surface area contributed by atoms with Gasteiger partial charge in [0.25, 0.3) is 16.1 Å². The number of hydrogen-bond donors (Lipinski definition) is 3. The van der Waals surface area contributed by atoms with Crippen LogP contribution in [-0.2, 0) is 15.6 Å². The fraction of sp³-hybridized carbons (Fsp3) is 0.296. The Morgan fingerprint density at radius 2 is 1.51 bits per heavy atom. The van der Waals surface area contributed by atoms with Crippen molar-refractivity contribution >= 4 is 21.8 Å². The Balaban J connectivity index is 1.44. The van der Waals surface area contributed by atoms with Gasteiger partial charge in [-0.05, 0) is 55.5 Å². The molecule has 0 aliphatic heterocycles. The molecule has 0 saturated heterocycles. The Kier molecular flexibility index (Phi) is 7.73. The molecule has 8 heteroatoms. The van der Waals surface area contributed by atoms with Crippen LogP contribution in [0.5, 0.6) is 5.75 Å². The lowest BCUT2D eigenvalue weighted by atomic mass is 9.68. The van der Waals surface area contributed by atoms with E-state index in [0.717, 1.165) is 18.4 Å². The Hall–Kier alpha value is -3.36. The lowest BCUT2D eigenvalue weighted by molar-refractivity contribution is 0.0932. The molecule has 7 nitrogen and oxygen atoms in total. The largest absolute Gasteiger partial charge is 0.496 e. The second-order valence-corrected chi connectivity index (χ2v) is 10.3. The molecule has 1 fully saturated rings. The average Bonchev–Trinajstić information content (AvgIpc) is 2.89. The van der Waals surface area contributed by atoms with Crippen molar-refractivity contribution in [2.75, 3.05) is 18.4 Å². The molecule has 3 aromatic rings. The maximum Gasteiger partial charge on any atom is 0.299 e. The van der Waals surface area contributed by atoms with E-state index in [-0.39, 0.29) is 17.4 Å². The molecule has 1 aliphatic rings. The van der Waals surface area contributed by atoms with Gasteiger partial charge >= 0.3 is 0 Å². The van der Waals surface area contributed by atoms with Gasteiger partial charge in [-0.25, -0.2) is 0 Å². The summed E-state index contributed by atoms with van der Waals surface area (Å²) in [6, 6.07) is 25.9. The van der Waals surface area contributed by atoms with Gasteiger partial charge in [-0.15, -0.1) is 0 Å². The number of rotatable bonds is 9. The Morgan fingerprint density at radius 1 is 0.914 bits per heavy atom. The van der Waals surface area contributed by atoms with Crippen LogP contribution in [0.3, 0.4) is 0 Å². The summed E-state index contributed by atoms with van der Waals surface area (Å²) in [6.45, 7) is 0.454. The van der Waals surface area contributed by atoms with Crippen molar-refractivity contribution in [3.05, 3.63) is 96.1 Å². The fourth-order valence-corrected chi connectivity index (χ4v) is 5.91. The van der Waals surface area contributed by atoms with Crippen LogP contribution in [0.1, 0.15) is 41.6 Å². The molecule has 3 N–H and O–H groups in total. The summed E-state index contributed by atoms with van der Waals surface area (Å²) in [5, 5.41) is 3.11. The number of methoxy groups -OCH3 is 1. The molecule has 35 heavy (non-hydrogen) atoms. The van der Waals surface area contributed by atoms with E-state index in [9.17, 15) is 13.2 Å². The third-order valence-corrected chi connectivity index (χ3v) is 7.76. The van der Waals surface area contributed by atoms with Gasteiger partial charge in [0.1, 0.15) is 5.75 Å². The molecule has 0 atom stereocenters. The van der Waals surface area contributed by atoms with Gasteiger partial charge in [-0.1, -0.05) is 60.7 Å². The average molecular weight is 494 g/mol. The van der Waals surface area contributed by atoms with E-state index in [1.807, 2.05) is 36.4 Å². The number of carbonyl (C=O) groups is 1. The molecule has 0 unspecified atom stereocenters. The van der Waals surface area contributed by atoms with Crippen LogP contribution in [0.2, 0.25) is 0 Å². The summed E-state index contributed by atoms with van der Waals surface area (Å²) >= 11 is 0. The molecule has 184 valence electrons. The first-order valence-corrected chi connectivity index (χ1v) is 13.2. The third-order valence-electron chi connectivity index (χ3n) is 6.62. The van der Waals surface area contributed by atoms with E-state index in [1.54, 1.807) is 43.5 Å². The SMILES string of the molecule is COc1ccccc1C(=O)NC[C@]1(c2ccccc2)CC[C@H](NS(=O)(=O)Nc2ccccc2)CC1. The molecule has 0 radical (unpaired) electrons. The summed E-state index contributed by atoms with van der Waals surface area (Å²) in [6.07, 6.45) is 2.80. The minimum Gasteiger partial charge on any atom is -0.496 e. The second-order valence-electron chi connectivity index (χ2n) is 8.89. The molecule has 4 rings (SSSR count). The molecule has 1 saturated carbocycles. The predicted molar refractivity (Wildman–Crippen MR) is 138 cm³/mol. The van der Waals surface area contributed by atoms with Gasteiger partial charge < -0.3 is 10.1 Å². The fourth-order valence-electron chi connectivity index (χ4n) is 4.73. The standard InChI is InChI=1S/C27H31N3O4S/c1-34-25-15-9-8-14-24(25)26(31)28-20-27(21-10-4-2-5-11-21)18-16-23(17-19-27)30-35(32,33)29-22-12-6-3-7-13-22/h2-15,23,29-30H,16-20H2,1H3,(H,28,31)/t23-,27-. The monoisotopic (exact) mass is 493 g/mol. The molecule has 0 aromatic heterocycles. The van der Waals surface area contributed by atoms with Gasteiger partial charge in [0.05, 0.1) is 12.7 Å². The summed E-state index contributed by atoms with van der Waals surface area (Å²) in [5.74, 6) is 0.343. The molecule has 0 bridgehead atoms. The zero-order valence-electron chi connectivity index (χ0n) is 19.7. The van der Waals surface area contributed by atoms with Crippen molar-refractivity contribution in [2.45, 2.75) is 37.1 Å². The number of para-hydroxylation sites is 2. The van der Waals surface area contributed by atoms with Crippen LogP contribution in [-0.4, -0.2) is 34.0 Å². The lowest BCUT2D eigenvalue weighted by Gasteiger charge is -2.41. The van der Waals surface area contributed by atoms with E-state index >= 15 is 0 Å². The highest BCUT2D eigenvalue weighted by atomic mass is 32.2. The maximum atomic E-state index is 13.0. The van der Waals surface area contributed by atoms with Crippen molar-refractivity contribution in [1.82, 2.24) is 10.0 Å². The number of carbonyl (C=O) groups excluding carboxylic acids is 1. The van der Waals surface area contributed by atoms with Gasteiger partial charge in [0, 0.05) is 23.7 Å². The van der Waals surface area contributed by atoms with Crippen molar-refractivity contribution in [2.24, 2.45) is 0 Å². The van der Waals surface area contributed by atoms with E-state index in [4.69, 9.17) is 4.74 Å². The van der Waals surface area contributed by atoms with Crippen LogP contribution in [0, 0.1) is 0 Å². The number of benzene rings is 3. The van der Waals surface area contributed by atoms with E-state index in [2.05, 4.69) is 26.9 Å². The quantitative estimate of drug-likeness (QED) is 0.415. The van der Waals surface area contributed by atoms with Crippen LogP contribution >= 0.6 is 0 Å². The third kappa shape index (κ3) is 6.21. The van der Waals surface area contributed by atoms with E-state index in [0.29, 0.717) is 36.4 Å². The smallest absolute Gasteiger partial charge is 0.299 e. The van der Waals surface area contributed by atoms with Gasteiger partial charge in [-0.3, -0.25) is 9.52 Å². The van der Waals surface area contributed by atoms with Crippen LogP contribution < -0.4 is 19.5 Å². The molecule has 3 aromatic carbocycles. The molecule has 0 spiro atoms. The molecular formula is C27H31N3O4S. The second kappa shape index (κ2) is 10.9. The van der Waals surface area contributed by atoms with Crippen LogP contribution in [0.15, 0.2) is 84.9 Å². The van der Waals surface area contributed by atoms with Gasteiger partial charge in [-0.2, -0.15) is 13.1 Å². The Morgan fingerprint density at radius 3 is 2.17 bits per heavy atom. The Labute approximate surface area is 207 Å². The minimum absolute atomic E-state index is 0.182. The highest BCUT2D eigenvalue weighted by Crippen LogP contribution is 2.39. The minimum atomic E-state index is -3.69. The van der Waals surface area contributed by atoms with Crippen molar-refractivity contribution < 1.29 is 17.9 Å². The summed E-state index contributed by atoms with van der Waals surface area (Å²) in [4.78, 5) is 13.0. The molecular weight excluding hydrogens is 462 g/mol. The molecule has 0 heterocycles. The van der Waals surface area contributed by atoms with Crippen LogP contribution in [0.4, 0.5) is 5.69 Å². The first-order valence-electron chi connectivity index (χ1n) is 11.7. The maximum absolute atomic E-state index is 13.0. The lowest BCUT2D eigenvalue weighted by Crippen LogP contribution is -2.48. The highest BCUT2D eigenvalue weighted by Gasteiger charge is 2.38. The summed E-state index contributed by atoms with van der Waals surface area (Å²) in [7, 11) is -2.14. The summed E-state index contributed by atoms with van der Waals surface area (Å²) < 4.78 is 36.0. The van der Waals surface area contributed by atoms with Gasteiger partial charge in [0.2, 0.25) is 0 Å². The first kappa shape index (κ1) is 24.8. The first-order chi connectivity index (χ1) is 16.9. The number of hydrogen-bond acceptors (Lipinski definition) is 4. The van der Waals surface area contributed by atoms with Crippen LogP contribution in [0.25, 0.3) is 0 Å². The molecule has 1 amide bonds. The van der Waals surface area contributed by atoms with Crippen molar-refractivity contribution in [3.8, 4) is 5.75 Å². The van der Waals surface area contributed by atoms with Crippen molar-refractivity contribution in [3.63, 3.8) is 0 Å². The predicted octanol–water partition coefficient (Wildman–Crippen LogP) is 4.25. The highest BCUT2D eigenvalue weighted by molar-refractivity contribution is 7.90. The number of ether oxygens (including phenoxy) is 1. The normalized spacial score (nSPS) is 20.1. The zero-order valence-corrected chi connectivity index (χ0v) is 20.6. The number of amides is 1. The summed E-state index contributed by atoms with van der Waals surface area (Å²) in [5.41, 5.74) is 1.87. The topological polar surface area (TPSA) is 96.5 Å². The number of nitrogens with one attached hydrogen (secondary N) is 3. The molecule has 1 aliphatic carbocycles. The zero-order chi connectivity index (χ0) is 24.7. The number of anilines is 1. The Bertz CT molecular complexity index is 1230.